The molecule has 1 aliphatic carbocycles. The Labute approximate surface area is 133 Å². The van der Waals surface area contributed by atoms with Crippen molar-refractivity contribution in [1.82, 2.24) is 4.90 Å². The highest BCUT2D eigenvalue weighted by molar-refractivity contribution is 5.84. The molecule has 0 spiro atoms. The van der Waals surface area contributed by atoms with E-state index < -0.39 is 11.6 Å². The lowest BCUT2D eigenvalue weighted by Crippen LogP contribution is -2.49. The van der Waals surface area contributed by atoms with Crippen molar-refractivity contribution in [2.24, 2.45) is 5.92 Å². The van der Waals surface area contributed by atoms with Crippen molar-refractivity contribution in [2.45, 2.75) is 82.1 Å². The Bertz CT molecular complexity index is 474. The number of fused-ring (bicyclic) bond motifs is 2. The second kappa shape index (κ2) is 6.22. The summed E-state index contributed by atoms with van der Waals surface area (Å²) in [4.78, 5) is 15.1. The SMILES string of the molecule is CC#CC(O)(C(=O)OC1CC2CCC(C1)N2C)C1CCCC1. The molecule has 4 nitrogen and oxygen atoms in total. The standard InChI is InChI=1S/C18H27NO3/c1-3-10-18(21,13-6-4-5-7-13)17(20)22-16-11-14-8-9-15(12-16)19(14)2/h13-16,21H,4-9,11-12H2,1-2H3. The van der Waals surface area contributed by atoms with Gasteiger partial charge >= 0.3 is 5.97 Å². The summed E-state index contributed by atoms with van der Waals surface area (Å²) in [5.41, 5.74) is -1.60. The predicted octanol–water partition coefficient (Wildman–Crippen LogP) is 2.10. The topological polar surface area (TPSA) is 49.8 Å². The van der Waals surface area contributed by atoms with Gasteiger partial charge in [-0.05, 0) is 52.5 Å². The molecule has 3 aliphatic rings. The second-order valence-corrected chi connectivity index (χ2v) is 7.17. The fourth-order valence-corrected chi connectivity index (χ4v) is 4.55. The minimum atomic E-state index is -1.60. The molecule has 3 fully saturated rings. The molecule has 3 rings (SSSR count). The average Bonchev–Trinajstić information content (AvgIpc) is 3.07. The molecule has 4 heteroatoms. The largest absolute Gasteiger partial charge is 0.459 e. The number of esters is 1. The van der Waals surface area contributed by atoms with E-state index >= 15 is 0 Å². The maximum Gasteiger partial charge on any atom is 0.351 e. The predicted molar refractivity (Wildman–Crippen MR) is 84.0 cm³/mol. The molecular weight excluding hydrogens is 278 g/mol. The van der Waals surface area contributed by atoms with E-state index in [0.29, 0.717) is 12.1 Å². The van der Waals surface area contributed by atoms with E-state index in [4.69, 9.17) is 4.74 Å². The lowest BCUT2D eigenvalue weighted by molar-refractivity contribution is -0.173. The van der Waals surface area contributed by atoms with Crippen LogP contribution in [-0.2, 0) is 9.53 Å². The van der Waals surface area contributed by atoms with Crippen LogP contribution in [0.5, 0.6) is 0 Å². The van der Waals surface area contributed by atoms with Crippen molar-refractivity contribution in [2.75, 3.05) is 7.05 Å². The summed E-state index contributed by atoms with van der Waals surface area (Å²) in [6.07, 6.45) is 7.94. The number of nitrogens with zero attached hydrogens (tertiary/aromatic N) is 1. The lowest BCUT2D eigenvalue weighted by Gasteiger charge is -2.37. The molecule has 22 heavy (non-hydrogen) atoms. The Morgan fingerprint density at radius 3 is 2.32 bits per heavy atom. The van der Waals surface area contributed by atoms with Gasteiger partial charge in [-0.15, -0.1) is 5.92 Å². The van der Waals surface area contributed by atoms with Crippen LogP contribution in [0, 0.1) is 17.8 Å². The van der Waals surface area contributed by atoms with E-state index in [1.807, 2.05) is 0 Å². The van der Waals surface area contributed by atoms with Crippen molar-refractivity contribution < 1.29 is 14.6 Å². The molecule has 0 amide bonds. The first kappa shape index (κ1) is 15.8. The minimum absolute atomic E-state index is 0.0622. The van der Waals surface area contributed by atoms with Gasteiger partial charge in [0.15, 0.2) is 0 Å². The summed E-state index contributed by atoms with van der Waals surface area (Å²) in [5, 5.41) is 10.9. The molecule has 122 valence electrons. The van der Waals surface area contributed by atoms with Gasteiger partial charge < -0.3 is 14.7 Å². The fourth-order valence-electron chi connectivity index (χ4n) is 4.55. The number of hydrogen-bond acceptors (Lipinski definition) is 4. The Balaban J connectivity index is 1.68. The van der Waals surface area contributed by atoms with Gasteiger partial charge in [0.1, 0.15) is 6.10 Å². The molecule has 0 aromatic carbocycles. The molecule has 2 heterocycles. The zero-order valence-electron chi connectivity index (χ0n) is 13.7. The van der Waals surface area contributed by atoms with Crippen LogP contribution in [0.3, 0.4) is 0 Å². The Hall–Kier alpha value is -1.05. The Morgan fingerprint density at radius 1 is 1.18 bits per heavy atom. The van der Waals surface area contributed by atoms with Gasteiger partial charge in [0.2, 0.25) is 5.60 Å². The maximum atomic E-state index is 12.6. The zero-order valence-corrected chi connectivity index (χ0v) is 13.7. The van der Waals surface area contributed by atoms with Gasteiger partial charge in [-0.3, -0.25) is 0 Å². The third-order valence-electron chi connectivity index (χ3n) is 5.90. The van der Waals surface area contributed by atoms with Crippen LogP contribution in [-0.4, -0.2) is 46.8 Å². The molecule has 3 unspecified atom stereocenters. The summed E-state index contributed by atoms with van der Waals surface area (Å²) in [7, 11) is 2.16. The van der Waals surface area contributed by atoms with Crippen molar-refractivity contribution >= 4 is 5.97 Å². The molecule has 0 aromatic heterocycles. The molecule has 0 radical (unpaired) electrons. The van der Waals surface area contributed by atoms with E-state index in [0.717, 1.165) is 38.5 Å². The van der Waals surface area contributed by atoms with Crippen LogP contribution in [0.2, 0.25) is 0 Å². The fraction of sp³-hybridized carbons (Fsp3) is 0.833. The van der Waals surface area contributed by atoms with Crippen molar-refractivity contribution in [3.63, 3.8) is 0 Å². The van der Waals surface area contributed by atoms with Crippen LogP contribution in [0.1, 0.15) is 58.3 Å². The zero-order chi connectivity index (χ0) is 15.7. The number of piperidine rings is 1. The second-order valence-electron chi connectivity index (χ2n) is 7.17. The smallest absolute Gasteiger partial charge is 0.351 e. The lowest BCUT2D eigenvalue weighted by atomic mass is 9.86. The monoisotopic (exact) mass is 305 g/mol. The molecule has 2 saturated heterocycles. The number of carbonyl (C=O) groups excluding carboxylic acids is 1. The molecule has 0 aromatic rings. The normalized spacial score (nSPS) is 34.8. The summed E-state index contributed by atoms with van der Waals surface area (Å²) < 4.78 is 5.73. The van der Waals surface area contributed by atoms with E-state index in [9.17, 15) is 9.90 Å². The first-order valence-corrected chi connectivity index (χ1v) is 8.64. The van der Waals surface area contributed by atoms with Gasteiger partial charge in [-0.2, -0.15) is 0 Å². The van der Waals surface area contributed by atoms with Gasteiger partial charge in [-0.25, -0.2) is 4.79 Å². The van der Waals surface area contributed by atoms with Crippen LogP contribution in [0.4, 0.5) is 0 Å². The van der Waals surface area contributed by atoms with Crippen molar-refractivity contribution in [1.29, 1.82) is 0 Å². The highest BCUT2D eigenvalue weighted by atomic mass is 16.6. The first-order valence-electron chi connectivity index (χ1n) is 8.64. The van der Waals surface area contributed by atoms with Gasteiger partial charge in [-0.1, -0.05) is 18.8 Å². The summed E-state index contributed by atoms with van der Waals surface area (Å²) in [6.45, 7) is 1.67. The number of rotatable bonds is 3. The summed E-state index contributed by atoms with van der Waals surface area (Å²) in [6, 6.07) is 1.04. The van der Waals surface area contributed by atoms with E-state index in [-0.39, 0.29) is 12.0 Å². The minimum Gasteiger partial charge on any atom is -0.459 e. The number of carbonyl (C=O) groups is 1. The van der Waals surface area contributed by atoms with Gasteiger partial charge in [0.05, 0.1) is 0 Å². The summed E-state index contributed by atoms with van der Waals surface area (Å²) >= 11 is 0. The van der Waals surface area contributed by atoms with E-state index in [2.05, 4.69) is 23.8 Å². The Morgan fingerprint density at radius 2 is 1.77 bits per heavy atom. The highest BCUT2D eigenvalue weighted by Crippen LogP contribution is 2.38. The Kier molecular flexibility index (Phi) is 4.47. The van der Waals surface area contributed by atoms with Crippen LogP contribution >= 0.6 is 0 Å². The van der Waals surface area contributed by atoms with Gasteiger partial charge in [0.25, 0.3) is 0 Å². The molecule has 2 aliphatic heterocycles. The molecule has 3 atom stereocenters. The van der Waals surface area contributed by atoms with Crippen LogP contribution in [0.25, 0.3) is 0 Å². The van der Waals surface area contributed by atoms with Crippen molar-refractivity contribution in [3.8, 4) is 11.8 Å². The average molecular weight is 305 g/mol. The van der Waals surface area contributed by atoms with Gasteiger partial charge in [0, 0.05) is 18.0 Å². The van der Waals surface area contributed by atoms with E-state index in [1.165, 1.54) is 12.8 Å². The van der Waals surface area contributed by atoms with Crippen LogP contribution < -0.4 is 0 Å². The third kappa shape index (κ3) is 2.77. The molecule has 1 N–H and O–H groups in total. The number of hydrogen-bond donors (Lipinski definition) is 1. The van der Waals surface area contributed by atoms with E-state index in [1.54, 1.807) is 6.92 Å². The first-order chi connectivity index (χ1) is 10.5. The summed E-state index contributed by atoms with van der Waals surface area (Å²) in [5.74, 6) is 4.90. The number of ether oxygens (including phenoxy) is 1. The maximum absolute atomic E-state index is 12.6. The highest BCUT2D eigenvalue weighted by Gasteiger charge is 2.47. The van der Waals surface area contributed by atoms with Crippen LogP contribution in [0.15, 0.2) is 0 Å². The quantitative estimate of drug-likeness (QED) is 0.641. The molecule has 1 saturated carbocycles. The number of aliphatic hydroxyl groups is 1. The molecular formula is C18H27NO3. The third-order valence-corrected chi connectivity index (χ3v) is 5.90. The van der Waals surface area contributed by atoms with Crippen molar-refractivity contribution in [3.05, 3.63) is 0 Å². The molecule has 2 bridgehead atoms.